The van der Waals surface area contributed by atoms with Crippen LogP contribution in [0.5, 0.6) is 0 Å². The zero-order chi connectivity index (χ0) is 26.4. The third kappa shape index (κ3) is 5.13. The summed E-state index contributed by atoms with van der Waals surface area (Å²) in [6.45, 7) is 7.75. The number of benzene rings is 2. The summed E-state index contributed by atoms with van der Waals surface area (Å²) in [6.07, 6.45) is 2.40. The monoisotopic (exact) mass is 505 g/mol. The van der Waals surface area contributed by atoms with Crippen LogP contribution in [0.4, 0.5) is 4.79 Å². The Bertz CT molecular complexity index is 1090. The van der Waals surface area contributed by atoms with Crippen LogP contribution in [0.1, 0.15) is 44.7 Å². The van der Waals surface area contributed by atoms with Crippen molar-refractivity contribution in [2.45, 2.75) is 58.2 Å². The van der Waals surface area contributed by atoms with E-state index in [2.05, 4.69) is 12.1 Å². The topological polar surface area (TPSA) is 79.7 Å². The van der Waals surface area contributed by atoms with Crippen molar-refractivity contribution in [2.24, 2.45) is 4.99 Å². The van der Waals surface area contributed by atoms with E-state index in [1.54, 1.807) is 0 Å². The average Bonchev–Trinajstić information content (AvgIpc) is 3.25. The fraction of sp³-hybridized carbons (Fsp3) is 0.483. The van der Waals surface area contributed by atoms with Crippen LogP contribution in [-0.2, 0) is 17.6 Å². The zero-order valence-electron chi connectivity index (χ0n) is 22.2. The minimum atomic E-state index is -1.01. The molecule has 0 aliphatic carbocycles. The molecule has 0 bridgehead atoms. The number of fused-ring (bicyclic) bond motifs is 1. The highest BCUT2D eigenvalue weighted by atomic mass is 16.3. The minimum Gasteiger partial charge on any atom is -0.395 e. The fourth-order valence-corrected chi connectivity index (χ4v) is 5.57. The maximum atomic E-state index is 14.1. The number of amides is 3. The van der Waals surface area contributed by atoms with Gasteiger partial charge in [0.15, 0.2) is 11.7 Å². The molecule has 2 heterocycles. The Labute approximate surface area is 220 Å². The van der Waals surface area contributed by atoms with Gasteiger partial charge in [0.25, 0.3) is 5.91 Å². The van der Waals surface area contributed by atoms with Gasteiger partial charge in [0.1, 0.15) is 5.84 Å². The van der Waals surface area contributed by atoms with Crippen LogP contribution in [0.3, 0.4) is 0 Å². The normalized spacial score (nSPS) is 21.6. The van der Waals surface area contributed by atoms with Gasteiger partial charge in [-0.2, -0.15) is 0 Å². The second kappa shape index (κ2) is 11.9. The molecule has 2 aromatic rings. The largest absolute Gasteiger partial charge is 0.395 e. The van der Waals surface area contributed by atoms with E-state index in [0.29, 0.717) is 51.9 Å². The molecule has 2 aromatic carbocycles. The summed E-state index contributed by atoms with van der Waals surface area (Å²) in [6, 6.07) is 19.2. The van der Waals surface area contributed by atoms with E-state index in [9.17, 15) is 14.7 Å². The molecular weight excluding hydrogens is 466 g/mol. The molecule has 1 N–H and O–H groups in total. The Morgan fingerprint density at radius 2 is 1.59 bits per heavy atom. The van der Waals surface area contributed by atoms with Gasteiger partial charge in [-0.1, -0.05) is 81.4 Å². The van der Waals surface area contributed by atoms with Crippen molar-refractivity contribution >= 4 is 17.8 Å². The van der Waals surface area contributed by atoms with Crippen molar-refractivity contribution in [2.75, 3.05) is 32.8 Å². The number of likely N-dealkylation sites (N-methyl/N-ethyl adjacent to an activating group) is 1. The Balaban J connectivity index is 1.81. The molecule has 0 saturated carbocycles. The van der Waals surface area contributed by atoms with E-state index >= 15 is 0 Å². The first-order valence-electron chi connectivity index (χ1n) is 13.4. The quantitative estimate of drug-likeness (QED) is 0.477. The Morgan fingerprint density at radius 1 is 0.946 bits per heavy atom. The highest BCUT2D eigenvalue weighted by molar-refractivity contribution is 6.05. The molecule has 0 aromatic heterocycles. The van der Waals surface area contributed by atoms with Crippen LogP contribution in [0, 0.1) is 0 Å². The molecule has 1 saturated heterocycles. The van der Waals surface area contributed by atoms with Gasteiger partial charge in [-0.05, 0) is 30.4 Å². The van der Waals surface area contributed by atoms with Crippen LogP contribution in [0.25, 0.3) is 0 Å². The number of carbonyl (C=O) groups excluding carboxylic acids is 2. The number of nitrogens with zero attached hydrogens (tertiary/aromatic N) is 5. The van der Waals surface area contributed by atoms with Crippen molar-refractivity contribution in [3.63, 3.8) is 0 Å². The SMILES string of the molecule is CCCN1C(=O)C2N(N(CC)CCO)C(Cc3ccccc3)=NC2(CC)N(CCc2ccccc2)C1=O. The summed E-state index contributed by atoms with van der Waals surface area (Å²) in [7, 11) is 0. The summed E-state index contributed by atoms with van der Waals surface area (Å²) >= 11 is 0. The lowest BCUT2D eigenvalue weighted by atomic mass is 9.91. The van der Waals surface area contributed by atoms with E-state index in [4.69, 9.17) is 4.99 Å². The van der Waals surface area contributed by atoms with E-state index in [1.165, 1.54) is 4.90 Å². The van der Waals surface area contributed by atoms with Crippen LogP contribution in [0.2, 0.25) is 0 Å². The molecule has 0 spiro atoms. The fourth-order valence-electron chi connectivity index (χ4n) is 5.57. The lowest BCUT2D eigenvalue weighted by molar-refractivity contribution is -0.151. The molecule has 3 amide bonds. The molecule has 2 aliphatic heterocycles. The molecule has 8 heteroatoms. The molecule has 2 unspecified atom stereocenters. The zero-order valence-corrected chi connectivity index (χ0v) is 22.2. The second-order valence-corrected chi connectivity index (χ2v) is 9.60. The number of hydrogen-bond donors (Lipinski definition) is 1. The molecular formula is C29H39N5O3. The third-order valence-corrected chi connectivity index (χ3v) is 7.37. The summed E-state index contributed by atoms with van der Waals surface area (Å²) in [5.41, 5.74) is 1.20. The van der Waals surface area contributed by atoms with Crippen LogP contribution in [-0.4, -0.2) is 87.2 Å². The summed E-state index contributed by atoms with van der Waals surface area (Å²) in [4.78, 5) is 36.5. The smallest absolute Gasteiger partial charge is 0.328 e. The summed E-state index contributed by atoms with van der Waals surface area (Å²) in [5, 5.41) is 13.8. The molecule has 2 aliphatic rings. The number of amidine groups is 1. The van der Waals surface area contributed by atoms with Crippen molar-refractivity contribution in [1.29, 1.82) is 0 Å². The second-order valence-electron chi connectivity index (χ2n) is 9.60. The molecule has 2 atom stereocenters. The number of aliphatic imine (C=N–C) groups is 1. The predicted molar refractivity (Wildman–Crippen MR) is 145 cm³/mol. The van der Waals surface area contributed by atoms with Gasteiger partial charge in [-0.15, -0.1) is 0 Å². The number of urea groups is 1. The minimum absolute atomic E-state index is 0.0433. The first kappa shape index (κ1) is 26.8. The van der Waals surface area contributed by atoms with Gasteiger partial charge in [-0.3, -0.25) is 19.6 Å². The molecule has 4 rings (SSSR count). The van der Waals surface area contributed by atoms with E-state index in [-0.39, 0.29) is 18.5 Å². The maximum Gasteiger partial charge on any atom is 0.328 e. The van der Waals surface area contributed by atoms with Gasteiger partial charge in [0.05, 0.1) is 6.61 Å². The number of aliphatic hydroxyl groups excluding tert-OH is 1. The van der Waals surface area contributed by atoms with Gasteiger partial charge >= 0.3 is 6.03 Å². The molecule has 37 heavy (non-hydrogen) atoms. The number of hydrogen-bond acceptors (Lipinski definition) is 6. The highest BCUT2D eigenvalue weighted by Gasteiger charge is 2.62. The van der Waals surface area contributed by atoms with Crippen molar-refractivity contribution < 1.29 is 14.7 Å². The first-order valence-corrected chi connectivity index (χ1v) is 13.4. The Hall–Kier alpha value is -3.23. The van der Waals surface area contributed by atoms with Crippen LogP contribution in [0.15, 0.2) is 65.7 Å². The summed E-state index contributed by atoms with van der Waals surface area (Å²) < 4.78 is 0. The average molecular weight is 506 g/mol. The number of aliphatic hydroxyl groups is 1. The van der Waals surface area contributed by atoms with Crippen molar-refractivity contribution in [3.05, 3.63) is 71.8 Å². The highest BCUT2D eigenvalue weighted by Crippen LogP contribution is 2.41. The molecule has 0 radical (unpaired) electrons. The van der Waals surface area contributed by atoms with Crippen LogP contribution >= 0.6 is 0 Å². The van der Waals surface area contributed by atoms with Gasteiger partial charge in [0, 0.05) is 32.6 Å². The molecule has 198 valence electrons. The number of imide groups is 1. The Kier molecular flexibility index (Phi) is 8.61. The van der Waals surface area contributed by atoms with Crippen LogP contribution < -0.4 is 0 Å². The van der Waals surface area contributed by atoms with Gasteiger partial charge in [0.2, 0.25) is 0 Å². The van der Waals surface area contributed by atoms with E-state index < -0.39 is 11.7 Å². The van der Waals surface area contributed by atoms with Crippen molar-refractivity contribution in [3.8, 4) is 0 Å². The standard InChI is InChI=1S/C29H39N5O3/c1-4-18-32-27(36)26-29(5-2,33(28(32)37)19-17-23-13-9-7-10-14-23)30-25(22-24-15-11-8-12-16-24)34(26)31(6-3)20-21-35/h7-16,26,35H,4-6,17-22H2,1-3H3. The first-order chi connectivity index (χ1) is 18.0. The lowest BCUT2D eigenvalue weighted by Crippen LogP contribution is -2.74. The Morgan fingerprint density at radius 3 is 2.16 bits per heavy atom. The number of hydrazine groups is 1. The predicted octanol–water partition coefficient (Wildman–Crippen LogP) is 3.56. The van der Waals surface area contributed by atoms with Crippen molar-refractivity contribution in [1.82, 2.24) is 19.8 Å². The third-order valence-electron chi connectivity index (χ3n) is 7.37. The maximum absolute atomic E-state index is 14.1. The van der Waals surface area contributed by atoms with E-state index in [1.807, 2.05) is 84.2 Å². The lowest BCUT2D eigenvalue weighted by Gasteiger charge is -2.51. The van der Waals surface area contributed by atoms with Gasteiger partial charge < -0.3 is 5.11 Å². The number of carbonyl (C=O) groups is 2. The number of rotatable bonds is 12. The van der Waals surface area contributed by atoms with Gasteiger partial charge in [-0.25, -0.2) is 14.8 Å². The van der Waals surface area contributed by atoms with E-state index in [0.717, 1.165) is 17.0 Å². The summed E-state index contributed by atoms with van der Waals surface area (Å²) in [5.74, 6) is 0.533. The molecule has 8 nitrogen and oxygen atoms in total. The molecule has 1 fully saturated rings.